The molecule has 0 aromatic carbocycles. The molecule has 1 N–H and O–H groups in total. The van der Waals surface area contributed by atoms with Crippen molar-refractivity contribution in [3.63, 3.8) is 0 Å². The van der Waals surface area contributed by atoms with Gasteiger partial charge in [-0.05, 0) is 31.9 Å². The van der Waals surface area contributed by atoms with E-state index < -0.39 is 6.09 Å². The van der Waals surface area contributed by atoms with Crippen LogP contribution in [0.25, 0.3) is 0 Å². The summed E-state index contributed by atoms with van der Waals surface area (Å²) in [4.78, 5) is 31.3. The average molecular weight is 317 g/mol. The third kappa shape index (κ3) is 2.14. The molecule has 0 bridgehead atoms. The number of carbonyl (C=O) groups excluding carboxylic acids is 1. The molecule has 2 aliphatic heterocycles. The highest BCUT2D eigenvalue weighted by Gasteiger charge is 2.56. The van der Waals surface area contributed by atoms with E-state index in [0.29, 0.717) is 31.1 Å². The largest absolute Gasteiger partial charge is 0.475 e. The molecule has 0 radical (unpaired) electrons. The molecular weight excluding hydrogens is 298 g/mol. The molecule has 1 aromatic heterocycles. The first-order valence-electron chi connectivity index (χ1n) is 7.87. The number of pyridine rings is 1. The maximum atomic E-state index is 12.9. The van der Waals surface area contributed by atoms with Gasteiger partial charge in [0, 0.05) is 30.7 Å². The summed E-state index contributed by atoms with van der Waals surface area (Å²) in [5.74, 6) is 0.369. The highest BCUT2D eigenvalue weighted by Crippen LogP contribution is 2.51. The summed E-state index contributed by atoms with van der Waals surface area (Å²) in [6, 6.07) is 3.63. The number of nitrogens with zero attached hydrogens (tertiary/aromatic N) is 3. The molecule has 2 fully saturated rings. The van der Waals surface area contributed by atoms with Crippen LogP contribution in [0.2, 0.25) is 0 Å². The van der Waals surface area contributed by atoms with Crippen molar-refractivity contribution in [3.05, 3.63) is 23.9 Å². The molecule has 3 aliphatic rings. The van der Waals surface area contributed by atoms with Crippen LogP contribution in [0.3, 0.4) is 0 Å². The van der Waals surface area contributed by atoms with E-state index in [-0.39, 0.29) is 23.4 Å². The van der Waals surface area contributed by atoms with Gasteiger partial charge >= 0.3 is 6.09 Å². The van der Waals surface area contributed by atoms with Crippen molar-refractivity contribution in [2.75, 3.05) is 19.7 Å². The summed E-state index contributed by atoms with van der Waals surface area (Å²) >= 11 is 0. The number of aromatic nitrogens is 1. The second-order valence-corrected chi connectivity index (χ2v) is 6.93. The Labute approximate surface area is 133 Å². The molecule has 7 heteroatoms. The molecular formula is C16H19N3O4. The molecule has 1 atom stereocenters. The van der Waals surface area contributed by atoms with Crippen LogP contribution in [0.1, 0.15) is 30.1 Å². The summed E-state index contributed by atoms with van der Waals surface area (Å²) < 4.78 is 5.66. The summed E-state index contributed by atoms with van der Waals surface area (Å²) in [6.07, 6.45) is 2.50. The van der Waals surface area contributed by atoms with Gasteiger partial charge in [-0.1, -0.05) is 0 Å². The van der Waals surface area contributed by atoms with Gasteiger partial charge in [-0.3, -0.25) is 4.79 Å². The number of likely N-dealkylation sites (tertiary alicyclic amines) is 1. The zero-order valence-electron chi connectivity index (χ0n) is 12.9. The lowest BCUT2D eigenvalue weighted by Crippen LogP contribution is -2.68. The van der Waals surface area contributed by atoms with Crippen LogP contribution in [0.5, 0.6) is 5.88 Å². The number of hydrogen-bond donors (Lipinski definition) is 1. The number of ether oxygens (including phenoxy) is 1. The van der Waals surface area contributed by atoms with Gasteiger partial charge in [-0.25, -0.2) is 9.78 Å². The fraction of sp³-hybridized carbons (Fsp3) is 0.562. The number of rotatable bonds is 1. The molecule has 3 heterocycles. The summed E-state index contributed by atoms with van der Waals surface area (Å²) in [7, 11) is 0. The van der Waals surface area contributed by atoms with Crippen LogP contribution >= 0.6 is 0 Å². The first kappa shape index (κ1) is 14.3. The molecule has 1 aromatic rings. The zero-order valence-corrected chi connectivity index (χ0v) is 12.9. The number of carbonyl (C=O) groups is 2. The lowest BCUT2D eigenvalue weighted by molar-refractivity contribution is -0.0954. The van der Waals surface area contributed by atoms with E-state index in [1.807, 2.05) is 11.8 Å². The maximum absolute atomic E-state index is 12.9. The van der Waals surface area contributed by atoms with Crippen molar-refractivity contribution in [1.82, 2.24) is 14.8 Å². The lowest BCUT2D eigenvalue weighted by atomic mass is 9.60. The Kier molecular flexibility index (Phi) is 3.01. The second-order valence-electron chi connectivity index (χ2n) is 6.93. The molecule has 1 unspecified atom stereocenters. The molecule has 1 saturated heterocycles. The number of hydrogen-bond acceptors (Lipinski definition) is 4. The zero-order chi connectivity index (χ0) is 16.2. The molecule has 1 aliphatic carbocycles. The Bertz CT molecular complexity index is 663. The molecule has 122 valence electrons. The van der Waals surface area contributed by atoms with Crippen molar-refractivity contribution in [2.24, 2.45) is 5.41 Å². The number of amides is 2. The Morgan fingerprint density at radius 3 is 2.87 bits per heavy atom. The summed E-state index contributed by atoms with van der Waals surface area (Å²) in [6.45, 7) is 3.59. The van der Waals surface area contributed by atoms with Gasteiger partial charge in [0.1, 0.15) is 12.2 Å². The monoisotopic (exact) mass is 317 g/mol. The van der Waals surface area contributed by atoms with Crippen molar-refractivity contribution < 1.29 is 19.4 Å². The molecule has 23 heavy (non-hydrogen) atoms. The fourth-order valence-corrected chi connectivity index (χ4v) is 4.11. The molecule has 2 amide bonds. The van der Waals surface area contributed by atoms with Crippen molar-refractivity contribution >= 4 is 12.0 Å². The molecule has 7 nitrogen and oxygen atoms in total. The van der Waals surface area contributed by atoms with Gasteiger partial charge in [-0.2, -0.15) is 0 Å². The van der Waals surface area contributed by atoms with Crippen molar-refractivity contribution in [1.29, 1.82) is 0 Å². The minimum Gasteiger partial charge on any atom is -0.475 e. The standard InChI is InChI=1S/C16H19N3O4/c1-10-7-23-13-12(3-2-4-17-13)14(20)19(10)11-5-16(6-11)8-18(9-16)15(21)22/h2-4,10-11H,5-9H2,1H3,(H,21,22). The van der Waals surface area contributed by atoms with Crippen LogP contribution in [0, 0.1) is 5.41 Å². The third-order valence-electron chi connectivity index (χ3n) is 5.23. The van der Waals surface area contributed by atoms with Gasteiger partial charge < -0.3 is 19.6 Å². The van der Waals surface area contributed by atoms with Gasteiger partial charge in [0.05, 0.1) is 6.04 Å². The van der Waals surface area contributed by atoms with Gasteiger partial charge in [-0.15, -0.1) is 0 Å². The lowest BCUT2D eigenvalue weighted by Gasteiger charge is -2.60. The van der Waals surface area contributed by atoms with E-state index in [2.05, 4.69) is 4.98 Å². The second kappa shape index (κ2) is 4.84. The van der Waals surface area contributed by atoms with Crippen LogP contribution in [-0.4, -0.2) is 63.7 Å². The third-order valence-corrected chi connectivity index (χ3v) is 5.23. The first-order valence-corrected chi connectivity index (χ1v) is 7.87. The normalized spacial score (nSPS) is 26.0. The minimum atomic E-state index is -0.855. The first-order chi connectivity index (χ1) is 11.0. The minimum absolute atomic E-state index is 0.0188. The van der Waals surface area contributed by atoms with Gasteiger partial charge in [0.25, 0.3) is 5.91 Å². The van der Waals surface area contributed by atoms with E-state index in [4.69, 9.17) is 9.84 Å². The topological polar surface area (TPSA) is 83.0 Å². The maximum Gasteiger partial charge on any atom is 0.407 e. The highest BCUT2D eigenvalue weighted by molar-refractivity contribution is 5.97. The SMILES string of the molecule is CC1COc2ncccc2C(=O)N1C1CC2(C1)CN(C(=O)O)C2. The van der Waals surface area contributed by atoms with Crippen LogP contribution in [0.15, 0.2) is 18.3 Å². The van der Waals surface area contributed by atoms with Crippen molar-refractivity contribution in [3.8, 4) is 5.88 Å². The fourth-order valence-electron chi connectivity index (χ4n) is 4.11. The predicted molar refractivity (Wildman–Crippen MR) is 80.4 cm³/mol. The smallest absolute Gasteiger partial charge is 0.407 e. The number of fused-ring (bicyclic) bond motifs is 1. The van der Waals surface area contributed by atoms with E-state index in [1.165, 1.54) is 4.90 Å². The van der Waals surface area contributed by atoms with Crippen LogP contribution in [0.4, 0.5) is 4.79 Å². The van der Waals surface area contributed by atoms with Gasteiger partial charge in [0.15, 0.2) is 0 Å². The number of carboxylic acid groups (broad SMARTS) is 1. The molecule has 4 rings (SSSR count). The molecule has 1 spiro atoms. The highest BCUT2D eigenvalue weighted by atomic mass is 16.5. The summed E-state index contributed by atoms with van der Waals surface area (Å²) in [5.41, 5.74) is 0.590. The molecule has 1 saturated carbocycles. The Hall–Kier alpha value is -2.31. The van der Waals surface area contributed by atoms with Crippen LogP contribution in [-0.2, 0) is 0 Å². The van der Waals surface area contributed by atoms with Gasteiger partial charge in [0.2, 0.25) is 5.88 Å². The van der Waals surface area contributed by atoms with E-state index in [9.17, 15) is 9.59 Å². The Morgan fingerprint density at radius 2 is 2.17 bits per heavy atom. The van der Waals surface area contributed by atoms with E-state index in [1.54, 1.807) is 18.3 Å². The predicted octanol–water partition coefficient (Wildman–Crippen LogP) is 1.45. The van der Waals surface area contributed by atoms with Crippen molar-refractivity contribution in [2.45, 2.75) is 31.8 Å². The van der Waals surface area contributed by atoms with E-state index >= 15 is 0 Å². The quantitative estimate of drug-likeness (QED) is 0.847. The Balaban J connectivity index is 1.49. The average Bonchev–Trinajstić information content (AvgIpc) is 2.56. The Morgan fingerprint density at radius 1 is 1.43 bits per heavy atom. The van der Waals surface area contributed by atoms with E-state index in [0.717, 1.165) is 12.8 Å². The van der Waals surface area contributed by atoms with Crippen LogP contribution < -0.4 is 4.74 Å². The summed E-state index contributed by atoms with van der Waals surface area (Å²) in [5, 5.41) is 8.97.